The minimum atomic E-state index is 0.621. The molecule has 0 aromatic heterocycles. The smallest absolute Gasteiger partial charge is 0.0284 e. The maximum atomic E-state index is 2.74. The van der Waals surface area contributed by atoms with Gasteiger partial charge in [-0.05, 0) is 35.5 Å². The summed E-state index contributed by atoms with van der Waals surface area (Å²) in [5.41, 5.74) is 1.37. The molecule has 2 atom stereocenters. The molecule has 0 spiro atoms. The number of hydrogen-bond acceptors (Lipinski definition) is 0. The molecule has 4 bridgehead atoms. The fourth-order valence-corrected chi connectivity index (χ4v) is 5.64. The molecule has 4 fully saturated rings. The van der Waals surface area contributed by atoms with E-state index in [1.54, 1.807) is 0 Å². The van der Waals surface area contributed by atoms with Gasteiger partial charge in [-0.1, -0.05) is 43.4 Å². The second-order valence-electron chi connectivity index (χ2n) is 5.49. The van der Waals surface area contributed by atoms with Crippen molar-refractivity contribution in [1.29, 1.82) is 0 Å². The summed E-state index contributed by atoms with van der Waals surface area (Å²) < 4.78 is 0.675. The van der Waals surface area contributed by atoms with E-state index in [1.807, 2.05) is 0 Å². The van der Waals surface area contributed by atoms with Crippen molar-refractivity contribution in [3.05, 3.63) is 0 Å². The number of rotatable bonds is 0. The molecule has 11 heavy (non-hydrogen) atoms. The Morgan fingerprint density at radius 3 is 1.64 bits per heavy atom. The lowest BCUT2D eigenvalue weighted by atomic mass is 9.76. The van der Waals surface area contributed by atoms with Crippen LogP contribution < -0.4 is 0 Å². The van der Waals surface area contributed by atoms with Crippen LogP contribution >= 0.6 is 22.6 Å². The monoisotopic (exact) mass is 262 g/mol. The first kappa shape index (κ1) is 7.16. The molecular weight excluding hydrogens is 247 g/mol. The minimum Gasteiger partial charge on any atom is -0.0782 e. The minimum absolute atomic E-state index is 0.621. The van der Waals surface area contributed by atoms with Crippen LogP contribution in [0, 0.1) is 22.7 Å². The van der Waals surface area contributed by atoms with Crippen molar-refractivity contribution in [2.24, 2.45) is 22.7 Å². The van der Waals surface area contributed by atoms with Gasteiger partial charge in [0, 0.05) is 3.42 Å². The zero-order valence-corrected chi connectivity index (χ0v) is 9.60. The van der Waals surface area contributed by atoms with E-state index < -0.39 is 0 Å². The van der Waals surface area contributed by atoms with Gasteiger partial charge in [0.2, 0.25) is 0 Å². The molecule has 4 rings (SSSR count). The molecule has 62 valence electrons. The lowest BCUT2D eigenvalue weighted by molar-refractivity contribution is 0.229. The highest BCUT2D eigenvalue weighted by molar-refractivity contribution is 14.1. The molecular formula is C10H15I. The Kier molecular flexibility index (Phi) is 0.926. The Labute approximate surface area is 82.3 Å². The maximum Gasteiger partial charge on any atom is 0.0284 e. The predicted octanol–water partition coefficient (Wildman–Crippen LogP) is 3.25. The zero-order chi connectivity index (χ0) is 8.07. The van der Waals surface area contributed by atoms with E-state index in [2.05, 4.69) is 43.4 Å². The van der Waals surface area contributed by atoms with Gasteiger partial charge in [0.15, 0.2) is 0 Å². The summed E-state index contributed by atoms with van der Waals surface area (Å²) in [6, 6.07) is 0. The van der Waals surface area contributed by atoms with Crippen LogP contribution in [-0.2, 0) is 0 Å². The molecule has 0 nitrogen and oxygen atoms in total. The molecule has 0 aromatic rings. The third-order valence-corrected chi connectivity index (χ3v) is 7.70. The van der Waals surface area contributed by atoms with Crippen molar-refractivity contribution < 1.29 is 0 Å². The summed E-state index contributed by atoms with van der Waals surface area (Å²) in [6.45, 7) is 7.51. The van der Waals surface area contributed by atoms with Crippen molar-refractivity contribution in [3.63, 3.8) is 0 Å². The van der Waals surface area contributed by atoms with Crippen LogP contribution in [0.1, 0.15) is 33.6 Å². The quantitative estimate of drug-likeness (QED) is 0.464. The average Bonchev–Trinajstić information content (AvgIpc) is 2.20. The van der Waals surface area contributed by atoms with Gasteiger partial charge in [0.05, 0.1) is 0 Å². The highest BCUT2D eigenvalue weighted by Gasteiger charge is 2.84. The molecule has 4 saturated carbocycles. The highest BCUT2D eigenvalue weighted by Crippen LogP contribution is 2.89. The Hall–Kier alpha value is 0.730. The first-order valence-corrected chi connectivity index (χ1v) is 5.70. The van der Waals surface area contributed by atoms with Crippen molar-refractivity contribution in [2.45, 2.75) is 37.0 Å². The summed E-state index contributed by atoms with van der Waals surface area (Å²) in [4.78, 5) is 0. The van der Waals surface area contributed by atoms with Gasteiger partial charge in [-0.15, -0.1) is 0 Å². The Morgan fingerprint density at radius 1 is 1.09 bits per heavy atom. The lowest BCUT2D eigenvalue weighted by Crippen LogP contribution is -2.33. The van der Waals surface area contributed by atoms with Crippen LogP contribution in [0.3, 0.4) is 0 Å². The van der Waals surface area contributed by atoms with Crippen LogP contribution in [0.2, 0.25) is 0 Å². The predicted molar refractivity (Wildman–Crippen MR) is 54.9 cm³/mol. The first-order chi connectivity index (χ1) is 4.93. The molecule has 0 unspecified atom stereocenters. The van der Waals surface area contributed by atoms with Crippen LogP contribution in [0.5, 0.6) is 0 Å². The zero-order valence-electron chi connectivity index (χ0n) is 7.45. The van der Waals surface area contributed by atoms with Gasteiger partial charge < -0.3 is 0 Å². The summed E-state index contributed by atoms with van der Waals surface area (Å²) in [5.74, 6) is 2.21. The molecule has 0 heterocycles. The highest BCUT2D eigenvalue weighted by atomic mass is 127. The second kappa shape index (κ2) is 1.42. The fourth-order valence-electron chi connectivity index (χ4n) is 4.11. The van der Waals surface area contributed by atoms with Crippen LogP contribution in [0.4, 0.5) is 0 Å². The Balaban J connectivity index is 2.20. The number of alkyl halides is 1. The van der Waals surface area contributed by atoms with Crippen LogP contribution in [0.25, 0.3) is 0 Å². The molecule has 4 aliphatic rings. The van der Waals surface area contributed by atoms with Gasteiger partial charge in [-0.2, -0.15) is 0 Å². The third kappa shape index (κ3) is 0.448. The maximum absolute atomic E-state index is 2.74. The van der Waals surface area contributed by atoms with Crippen molar-refractivity contribution in [2.75, 3.05) is 0 Å². The summed E-state index contributed by atoms with van der Waals surface area (Å²) in [7, 11) is 0. The van der Waals surface area contributed by atoms with Crippen LogP contribution in [-0.4, -0.2) is 3.42 Å². The largest absolute Gasteiger partial charge is 0.0782 e. The van der Waals surface area contributed by atoms with Crippen LogP contribution in [0.15, 0.2) is 0 Å². The van der Waals surface area contributed by atoms with Crippen molar-refractivity contribution in [3.8, 4) is 0 Å². The van der Waals surface area contributed by atoms with Crippen molar-refractivity contribution in [1.82, 2.24) is 0 Å². The summed E-state index contributed by atoms with van der Waals surface area (Å²) >= 11 is 2.74. The Bertz CT molecular complexity index is 223. The number of hydrogen-bond donors (Lipinski definition) is 0. The van der Waals surface area contributed by atoms with Crippen molar-refractivity contribution >= 4 is 22.6 Å². The molecule has 1 heteroatoms. The summed E-state index contributed by atoms with van der Waals surface area (Å²) in [6.07, 6.45) is 3.03. The van der Waals surface area contributed by atoms with Gasteiger partial charge in [0.25, 0.3) is 0 Å². The van der Waals surface area contributed by atoms with E-state index in [-0.39, 0.29) is 0 Å². The van der Waals surface area contributed by atoms with E-state index in [0.29, 0.717) is 8.84 Å². The SMILES string of the molecule is CC12[C@H]3CC(I)(C[C@@H]31)C2(C)C. The standard InChI is InChI=1S/C10H15I/c1-8(2)9(3)6-4-10(8,11)5-7(6)9/h6-7H,4-5H2,1-3H3/t6-,7-,9?,10?/m0/s1. The second-order valence-corrected chi connectivity index (χ2v) is 7.56. The molecule has 0 amide bonds. The van der Waals surface area contributed by atoms with E-state index in [1.165, 1.54) is 12.8 Å². The molecule has 0 N–H and O–H groups in total. The van der Waals surface area contributed by atoms with Gasteiger partial charge in [-0.25, -0.2) is 0 Å². The van der Waals surface area contributed by atoms with Gasteiger partial charge in [0.1, 0.15) is 0 Å². The normalized spacial score (nSPS) is 68.7. The molecule has 0 aliphatic heterocycles. The average molecular weight is 262 g/mol. The third-order valence-electron chi connectivity index (χ3n) is 5.47. The van der Waals surface area contributed by atoms with E-state index in [9.17, 15) is 0 Å². The topological polar surface area (TPSA) is 0 Å². The molecule has 0 aromatic carbocycles. The van der Waals surface area contributed by atoms with E-state index in [0.717, 1.165) is 17.3 Å². The van der Waals surface area contributed by atoms with Gasteiger partial charge in [-0.3, -0.25) is 0 Å². The Morgan fingerprint density at radius 2 is 1.55 bits per heavy atom. The van der Waals surface area contributed by atoms with E-state index in [4.69, 9.17) is 0 Å². The molecule has 0 saturated heterocycles. The number of halogens is 1. The van der Waals surface area contributed by atoms with Gasteiger partial charge >= 0.3 is 0 Å². The summed E-state index contributed by atoms with van der Waals surface area (Å²) in [5, 5.41) is 0. The lowest BCUT2D eigenvalue weighted by Gasteiger charge is -2.35. The molecule has 4 aliphatic carbocycles. The van der Waals surface area contributed by atoms with E-state index >= 15 is 0 Å². The first-order valence-electron chi connectivity index (χ1n) is 4.62. The fraction of sp³-hybridized carbons (Fsp3) is 1.00. The molecule has 0 radical (unpaired) electrons.